The molecule has 0 radical (unpaired) electrons. The molecular weight excluding hydrogens is 222 g/mol. The number of hydrogen-bond donors (Lipinski definition) is 1. The van der Waals surface area contributed by atoms with Crippen LogP contribution in [0.15, 0.2) is 23.7 Å². The van der Waals surface area contributed by atoms with Crippen molar-refractivity contribution in [2.75, 3.05) is 14.2 Å². The first-order valence-electron chi connectivity index (χ1n) is 5.04. The third-order valence-electron chi connectivity index (χ3n) is 2.58. The summed E-state index contributed by atoms with van der Waals surface area (Å²) < 4.78 is 7.22. The molecule has 0 aliphatic rings. The van der Waals surface area contributed by atoms with Crippen LogP contribution in [0.1, 0.15) is 16.6 Å². The van der Waals surface area contributed by atoms with E-state index in [0.717, 1.165) is 11.4 Å². The smallest absolute Gasteiger partial charge is 0.134 e. The third kappa shape index (κ3) is 1.83. The Hall–Kier alpha value is -1.33. The average molecular weight is 237 g/mol. The summed E-state index contributed by atoms with van der Waals surface area (Å²) in [5.41, 5.74) is 1.13. The van der Waals surface area contributed by atoms with E-state index >= 15 is 0 Å². The van der Waals surface area contributed by atoms with E-state index in [9.17, 15) is 0 Å². The quantitative estimate of drug-likeness (QED) is 0.881. The molecular formula is C11H15N3OS. The molecule has 5 heteroatoms. The maximum Gasteiger partial charge on any atom is 0.134 e. The minimum absolute atomic E-state index is 0.127. The first-order chi connectivity index (χ1) is 7.77. The molecule has 1 N–H and O–H groups in total. The second-order valence-corrected chi connectivity index (χ2v) is 4.40. The average Bonchev–Trinajstić information content (AvgIpc) is 2.90. The Morgan fingerprint density at radius 1 is 1.50 bits per heavy atom. The van der Waals surface area contributed by atoms with Gasteiger partial charge in [0.15, 0.2) is 0 Å². The highest BCUT2D eigenvalue weighted by Gasteiger charge is 2.20. The SMILES string of the molecule is CNC(c1sccc1OC)c1ccnn1C. The summed E-state index contributed by atoms with van der Waals surface area (Å²) in [5.74, 6) is 0.922. The molecule has 4 nitrogen and oxygen atoms in total. The van der Waals surface area contributed by atoms with E-state index in [4.69, 9.17) is 4.74 Å². The Morgan fingerprint density at radius 2 is 2.31 bits per heavy atom. The van der Waals surface area contributed by atoms with E-state index in [1.165, 1.54) is 4.88 Å². The van der Waals surface area contributed by atoms with Gasteiger partial charge in [-0.15, -0.1) is 11.3 Å². The van der Waals surface area contributed by atoms with Crippen LogP contribution in [0.2, 0.25) is 0 Å². The molecule has 16 heavy (non-hydrogen) atoms. The molecule has 0 aliphatic heterocycles. The Labute approximate surface area is 98.9 Å². The Morgan fingerprint density at radius 3 is 2.88 bits per heavy atom. The molecule has 86 valence electrons. The summed E-state index contributed by atoms with van der Waals surface area (Å²) in [6.45, 7) is 0. The highest BCUT2D eigenvalue weighted by atomic mass is 32.1. The summed E-state index contributed by atoms with van der Waals surface area (Å²) in [4.78, 5) is 1.17. The van der Waals surface area contributed by atoms with Gasteiger partial charge in [-0.2, -0.15) is 5.10 Å². The van der Waals surface area contributed by atoms with Gasteiger partial charge >= 0.3 is 0 Å². The van der Waals surface area contributed by atoms with Crippen LogP contribution in [0.3, 0.4) is 0 Å². The Kier molecular flexibility index (Phi) is 3.26. The predicted octanol–water partition coefficient (Wildman–Crippen LogP) is 1.80. The Balaban J connectivity index is 2.40. The van der Waals surface area contributed by atoms with Crippen LogP contribution < -0.4 is 10.1 Å². The van der Waals surface area contributed by atoms with Gasteiger partial charge in [-0.05, 0) is 24.6 Å². The lowest BCUT2D eigenvalue weighted by Gasteiger charge is -2.16. The lowest BCUT2D eigenvalue weighted by atomic mass is 10.1. The van der Waals surface area contributed by atoms with E-state index < -0.39 is 0 Å². The summed E-state index contributed by atoms with van der Waals surface area (Å²) in [7, 11) is 5.58. The maximum atomic E-state index is 5.35. The number of ether oxygens (including phenoxy) is 1. The van der Waals surface area contributed by atoms with Gasteiger partial charge in [-0.25, -0.2) is 0 Å². The molecule has 0 spiro atoms. The molecule has 0 bridgehead atoms. The van der Waals surface area contributed by atoms with Crippen molar-refractivity contribution in [1.82, 2.24) is 15.1 Å². The predicted molar refractivity (Wildman–Crippen MR) is 65.0 cm³/mol. The van der Waals surface area contributed by atoms with Gasteiger partial charge in [0.2, 0.25) is 0 Å². The minimum atomic E-state index is 0.127. The second kappa shape index (κ2) is 4.67. The number of nitrogens with zero attached hydrogens (tertiary/aromatic N) is 2. The van der Waals surface area contributed by atoms with E-state index in [2.05, 4.69) is 10.4 Å². The summed E-state index contributed by atoms with van der Waals surface area (Å²) >= 11 is 1.69. The van der Waals surface area contributed by atoms with Crippen molar-refractivity contribution in [3.63, 3.8) is 0 Å². The molecule has 0 aliphatic carbocycles. The molecule has 2 aromatic rings. The second-order valence-electron chi connectivity index (χ2n) is 3.45. The molecule has 0 fully saturated rings. The first kappa shape index (κ1) is 11.2. The van der Waals surface area contributed by atoms with E-state index in [1.54, 1.807) is 24.6 Å². The lowest BCUT2D eigenvalue weighted by molar-refractivity contribution is 0.407. The zero-order valence-electron chi connectivity index (χ0n) is 9.60. The van der Waals surface area contributed by atoms with Crippen molar-refractivity contribution in [3.8, 4) is 5.75 Å². The number of aryl methyl sites for hydroxylation is 1. The van der Waals surface area contributed by atoms with Crippen LogP contribution >= 0.6 is 11.3 Å². The van der Waals surface area contributed by atoms with E-state index in [1.807, 2.05) is 36.3 Å². The molecule has 0 saturated carbocycles. The molecule has 1 atom stereocenters. The number of thiophene rings is 1. The number of rotatable bonds is 4. The van der Waals surface area contributed by atoms with Gasteiger partial charge in [0.1, 0.15) is 5.75 Å². The van der Waals surface area contributed by atoms with Crippen molar-refractivity contribution < 1.29 is 4.74 Å². The van der Waals surface area contributed by atoms with Crippen LogP contribution in [-0.2, 0) is 7.05 Å². The topological polar surface area (TPSA) is 39.1 Å². The van der Waals surface area contributed by atoms with Gasteiger partial charge < -0.3 is 10.1 Å². The van der Waals surface area contributed by atoms with Crippen LogP contribution in [0.4, 0.5) is 0 Å². The number of aromatic nitrogens is 2. The molecule has 0 saturated heterocycles. The van der Waals surface area contributed by atoms with Crippen molar-refractivity contribution in [2.24, 2.45) is 7.05 Å². The minimum Gasteiger partial charge on any atom is -0.496 e. The highest BCUT2D eigenvalue weighted by Crippen LogP contribution is 2.34. The van der Waals surface area contributed by atoms with Gasteiger partial charge in [-0.3, -0.25) is 4.68 Å². The zero-order chi connectivity index (χ0) is 11.5. The monoisotopic (exact) mass is 237 g/mol. The molecule has 1 unspecified atom stereocenters. The summed E-state index contributed by atoms with van der Waals surface area (Å²) in [6.07, 6.45) is 1.81. The fourth-order valence-electron chi connectivity index (χ4n) is 1.77. The van der Waals surface area contributed by atoms with Crippen molar-refractivity contribution in [1.29, 1.82) is 0 Å². The van der Waals surface area contributed by atoms with E-state index in [0.29, 0.717) is 0 Å². The number of nitrogens with one attached hydrogen (secondary N) is 1. The molecule has 0 aromatic carbocycles. The standard InChI is InChI=1S/C11H15N3OS/c1-12-10(8-4-6-13-14(8)2)11-9(15-3)5-7-16-11/h4-7,10,12H,1-3H3. The van der Waals surface area contributed by atoms with Crippen LogP contribution in [0.5, 0.6) is 5.75 Å². The fraction of sp³-hybridized carbons (Fsp3) is 0.364. The van der Waals surface area contributed by atoms with Gasteiger partial charge in [0.05, 0.1) is 23.7 Å². The zero-order valence-corrected chi connectivity index (χ0v) is 10.4. The normalized spacial score (nSPS) is 12.7. The van der Waals surface area contributed by atoms with Crippen LogP contribution in [-0.4, -0.2) is 23.9 Å². The maximum absolute atomic E-state index is 5.35. The van der Waals surface area contributed by atoms with Crippen molar-refractivity contribution in [3.05, 3.63) is 34.3 Å². The van der Waals surface area contributed by atoms with Gasteiger partial charge in [-0.1, -0.05) is 0 Å². The van der Waals surface area contributed by atoms with Crippen molar-refractivity contribution in [2.45, 2.75) is 6.04 Å². The first-order valence-corrected chi connectivity index (χ1v) is 5.92. The molecule has 2 aromatic heterocycles. The molecule has 2 heterocycles. The lowest BCUT2D eigenvalue weighted by Crippen LogP contribution is -2.20. The summed E-state index contributed by atoms with van der Waals surface area (Å²) in [6, 6.07) is 4.13. The van der Waals surface area contributed by atoms with Crippen LogP contribution in [0.25, 0.3) is 0 Å². The molecule has 2 rings (SSSR count). The molecule has 0 amide bonds. The third-order valence-corrected chi connectivity index (χ3v) is 3.55. The number of hydrogen-bond acceptors (Lipinski definition) is 4. The van der Waals surface area contributed by atoms with Gasteiger partial charge in [0, 0.05) is 13.2 Å². The van der Waals surface area contributed by atoms with Crippen LogP contribution in [0, 0.1) is 0 Å². The van der Waals surface area contributed by atoms with Gasteiger partial charge in [0.25, 0.3) is 0 Å². The van der Waals surface area contributed by atoms with E-state index in [-0.39, 0.29) is 6.04 Å². The fourth-order valence-corrected chi connectivity index (χ4v) is 2.75. The summed E-state index contributed by atoms with van der Waals surface area (Å²) in [5, 5.41) is 9.52. The Bertz CT molecular complexity index is 463. The van der Waals surface area contributed by atoms with Crippen molar-refractivity contribution >= 4 is 11.3 Å². The highest BCUT2D eigenvalue weighted by molar-refractivity contribution is 7.10. The number of methoxy groups -OCH3 is 1. The largest absolute Gasteiger partial charge is 0.496 e.